The summed E-state index contributed by atoms with van der Waals surface area (Å²) >= 11 is 0. The van der Waals surface area contributed by atoms with Crippen molar-refractivity contribution in [3.8, 4) is 5.69 Å². The molecule has 1 atom stereocenters. The van der Waals surface area contributed by atoms with E-state index >= 15 is 0 Å². The molecule has 6 heteroatoms. The van der Waals surface area contributed by atoms with Gasteiger partial charge in [0, 0.05) is 18.7 Å². The molecule has 3 rings (SSSR count). The van der Waals surface area contributed by atoms with Crippen LogP contribution in [0.5, 0.6) is 0 Å². The van der Waals surface area contributed by atoms with Crippen molar-refractivity contribution in [2.24, 2.45) is 0 Å². The summed E-state index contributed by atoms with van der Waals surface area (Å²) in [6.07, 6.45) is 7.61. The molecule has 0 aliphatic carbocycles. The van der Waals surface area contributed by atoms with Crippen molar-refractivity contribution >= 4 is 5.97 Å². The molecule has 0 N–H and O–H groups in total. The lowest BCUT2D eigenvalue weighted by Gasteiger charge is -2.22. The molecule has 116 valence electrons. The van der Waals surface area contributed by atoms with Gasteiger partial charge in [-0.25, -0.2) is 4.79 Å². The van der Waals surface area contributed by atoms with Gasteiger partial charge in [0.2, 0.25) is 0 Å². The van der Waals surface area contributed by atoms with Crippen molar-refractivity contribution < 1.29 is 14.3 Å². The van der Waals surface area contributed by atoms with Gasteiger partial charge in [0.25, 0.3) is 0 Å². The van der Waals surface area contributed by atoms with Gasteiger partial charge in [-0.15, -0.1) is 10.2 Å². The number of benzene rings is 1. The molecule has 0 amide bonds. The van der Waals surface area contributed by atoms with Crippen LogP contribution in [-0.2, 0) is 9.47 Å². The van der Waals surface area contributed by atoms with Crippen LogP contribution in [0, 0.1) is 0 Å². The van der Waals surface area contributed by atoms with Crippen molar-refractivity contribution in [3.05, 3.63) is 42.5 Å². The van der Waals surface area contributed by atoms with E-state index in [2.05, 4.69) is 10.2 Å². The van der Waals surface area contributed by atoms with Gasteiger partial charge in [-0.05, 0) is 43.5 Å². The third-order valence-electron chi connectivity index (χ3n) is 3.77. The van der Waals surface area contributed by atoms with Crippen molar-refractivity contribution in [2.75, 3.05) is 13.2 Å². The Morgan fingerprint density at radius 1 is 1.23 bits per heavy atom. The highest BCUT2D eigenvalue weighted by atomic mass is 16.5. The Kier molecular flexibility index (Phi) is 4.80. The van der Waals surface area contributed by atoms with E-state index in [9.17, 15) is 4.79 Å². The first-order chi connectivity index (χ1) is 10.8. The fraction of sp³-hybridized carbons (Fsp3) is 0.438. The first kappa shape index (κ1) is 14.7. The predicted molar refractivity (Wildman–Crippen MR) is 79.8 cm³/mol. The lowest BCUT2D eigenvalue weighted by Crippen LogP contribution is -2.21. The summed E-state index contributed by atoms with van der Waals surface area (Å²) in [4.78, 5) is 12.0. The number of rotatable bonds is 5. The van der Waals surface area contributed by atoms with Crippen molar-refractivity contribution in [2.45, 2.75) is 31.8 Å². The summed E-state index contributed by atoms with van der Waals surface area (Å²) < 4.78 is 12.7. The van der Waals surface area contributed by atoms with Gasteiger partial charge in [0.1, 0.15) is 12.7 Å². The maximum absolute atomic E-state index is 12.0. The van der Waals surface area contributed by atoms with Crippen LogP contribution >= 0.6 is 0 Å². The van der Waals surface area contributed by atoms with Gasteiger partial charge in [-0.2, -0.15) is 0 Å². The van der Waals surface area contributed by atoms with E-state index in [-0.39, 0.29) is 12.1 Å². The number of ether oxygens (including phenoxy) is 2. The molecule has 1 fully saturated rings. The molecule has 0 radical (unpaired) electrons. The molecule has 1 aliphatic heterocycles. The van der Waals surface area contributed by atoms with E-state index in [4.69, 9.17) is 9.47 Å². The third kappa shape index (κ3) is 3.71. The van der Waals surface area contributed by atoms with Gasteiger partial charge in [0.05, 0.1) is 18.3 Å². The highest BCUT2D eigenvalue weighted by Crippen LogP contribution is 2.16. The number of aromatic nitrogens is 3. The Hall–Kier alpha value is -2.21. The standard InChI is InChI=1S/C16H19N3O3/c20-16(22-10-8-15-3-1-2-9-21-15)13-4-6-14(7-5-13)19-11-17-18-12-19/h4-7,11-12,15H,1-3,8-10H2/t15-/m1/s1. The quantitative estimate of drug-likeness (QED) is 0.793. The topological polar surface area (TPSA) is 66.2 Å². The van der Waals surface area contributed by atoms with Gasteiger partial charge in [-0.1, -0.05) is 0 Å². The maximum Gasteiger partial charge on any atom is 0.338 e. The van der Waals surface area contributed by atoms with Crippen LogP contribution < -0.4 is 0 Å². The second-order valence-corrected chi connectivity index (χ2v) is 5.33. The summed E-state index contributed by atoms with van der Waals surface area (Å²) in [5.74, 6) is -0.300. The SMILES string of the molecule is O=C(OCC[C@H]1CCCCO1)c1ccc(-n2cnnc2)cc1. The van der Waals surface area contributed by atoms with Gasteiger partial charge in [-0.3, -0.25) is 4.57 Å². The van der Waals surface area contributed by atoms with Gasteiger partial charge in [0.15, 0.2) is 0 Å². The second kappa shape index (κ2) is 7.17. The maximum atomic E-state index is 12.0. The molecule has 1 aromatic heterocycles. The van der Waals surface area contributed by atoms with Crippen LogP contribution in [0.1, 0.15) is 36.0 Å². The predicted octanol–water partition coefficient (Wildman–Crippen LogP) is 2.38. The molecule has 2 aromatic rings. The molecule has 1 aromatic carbocycles. The number of nitrogens with zero attached hydrogens (tertiary/aromatic N) is 3. The summed E-state index contributed by atoms with van der Waals surface area (Å²) in [6.45, 7) is 1.22. The summed E-state index contributed by atoms with van der Waals surface area (Å²) in [5, 5.41) is 7.50. The Morgan fingerprint density at radius 2 is 2.00 bits per heavy atom. The van der Waals surface area contributed by atoms with E-state index in [1.807, 2.05) is 12.1 Å². The van der Waals surface area contributed by atoms with E-state index in [0.29, 0.717) is 12.2 Å². The largest absolute Gasteiger partial charge is 0.462 e. The zero-order valence-electron chi connectivity index (χ0n) is 12.4. The minimum atomic E-state index is -0.300. The van der Waals surface area contributed by atoms with Crippen LogP contribution in [0.2, 0.25) is 0 Å². The highest BCUT2D eigenvalue weighted by molar-refractivity contribution is 5.89. The van der Waals surface area contributed by atoms with E-state index in [1.165, 1.54) is 6.42 Å². The average molecular weight is 301 g/mol. The van der Waals surface area contributed by atoms with Crippen LogP contribution in [0.3, 0.4) is 0 Å². The van der Waals surface area contributed by atoms with Crippen LogP contribution in [0.15, 0.2) is 36.9 Å². The number of carbonyl (C=O) groups excluding carboxylic acids is 1. The van der Waals surface area contributed by atoms with Gasteiger partial charge >= 0.3 is 5.97 Å². The first-order valence-corrected chi connectivity index (χ1v) is 7.57. The highest BCUT2D eigenvalue weighted by Gasteiger charge is 2.15. The number of carbonyl (C=O) groups is 1. The average Bonchev–Trinajstić information content (AvgIpc) is 3.10. The molecule has 6 nitrogen and oxygen atoms in total. The molecule has 2 heterocycles. The van der Waals surface area contributed by atoms with Crippen molar-refractivity contribution in [1.82, 2.24) is 14.8 Å². The van der Waals surface area contributed by atoms with E-state index in [1.54, 1.807) is 29.4 Å². The third-order valence-corrected chi connectivity index (χ3v) is 3.77. The summed E-state index contributed by atoms with van der Waals surface area (Å²) in [5.41, 5.74) is 1.44. The molecule has 0 spiro atoms. The number of hydrogen-bond acceptors (Lipinski definition) is 5. The molecule has 0 bridgehead atoms. The molecule has 1 aliphatic rings. The zero-order chi connectivity index (χ0) is 15.2. The van der Waals surface area contributed by atoms with Crippen LogP contribution in [0.4, 0.5) is 0 Å². The van der Waals surface area contributed by atoms with Crippen molar-refractivity contribution in [3.63, 3.8) is 0 Å². The molecule has 1 saturated heterocycles. The van der Waals surface area contributed by atoms with E-state index in [0.717, 1.165) is 31.6 Å². The van der Waals surface area contributed by atoms with Gasteiger partial charge < -0.3 is 9.47 Å². The Labute approximate surface area is 129 Å². The lowest BCUT2D eigenvalue weighted by atomic mass is 10.1. The fourth-order valence-corrected chi connectivity index (χ4v) is 2.51. The molecular formula is C16H19N3O3. The summed E-state index contributed by atoms with van der Waals surface area (Å²) in [7, 11) is 0. The van der Waals surface area contributed by atoms with Crippen molar-refractivity contribution in [1.29, 1.82) is 0 Å². The van der Waals surface area contributed by atoms with Crippen LogP contribution in [-0.4, -0.2) is 40.1 Å². The minimum absolute atomic E-state index is 0.234. The zero-order valence-corrected chi connectivity index (χ0v) is 12.4. The Morgan fingerprint density at radius 3 is 2.68 bits per heavy atom. The molecule has 0 unspecified atom stereocenters. The number of hydrogen-bond donors (Lipinski definition) is 0. The second-order valence-electron chi connectivity index (χ2n) is 5.33. The van der Waals surface area contributed by atoms with E-state index < -0.39 is 0 Å². The summed E-state index contributed by atoms with van der Waals surface area (Å²) in [6, 6.07) is 7.16. The normalized spacial score (nSPS) is 18.1. The molecule has 22 heavy (non-hydrogen) atoms. The van der Waals surface area contributed by atoms with Crippen LogP contribution in [0.25, 0.3) is 5.69 Å². The fourth-order valence-electron chi connectivity index (χ4n) is 2.51. The molecular weight excluding hydrogens is 282 g/mol. The smallest absolute Gasteiger partial charge is 0.338 e. The molecule has 0 saturated carbocycles. The minimum Gasteiger partial charge on any atom is -0.462 e. The number of esters is 1. The lowest BCUT2D eigenvalue weighted by molar-refractivity contribution is -0.00445. The Bertz CT molecular complexity index is 590. The first-order valence-electron chi connectivity index (χ1n) is 7.57. The Balaban J connectivity index is 1.49. The monoisotopic (exact) mass is 301 g/mol.